The van der Waals surface area contributed by atoms with Crippen LogP contribution in [-0.2, 0) is 21.6 Å². The molecule has 0 unspecified atom stereocenters. The molecule has 3 rings (SSSR count). The summed E-state index contributed by atoms with van der Waals surface area (Å²) >= 11 is 0. The molecule has 0 amide bonds. The predicted molar refractivity (Wildman–Crippen MR) is 123 cm³/mol. The lowest BCUT2D eigenvalue weighted by Crippen LogP contribution is -2.28. The van der Waals surface area contributed by atoms with Crippen LogP contribution in [-0.4, -0.2) is 33.2 Å². The highest BCUT2D eigenvalue weighted by molar-refractivity contribution is 7.88. The van der Waals surface area contributed by atoms with E-state index < -0.39 is 52.4 Å². The van der Waals surface area contributed by atoms with Crippen LogP contribution in [0.3, 0.4) is 0 Å². The van der Waals surface area contributed by atoms with Crippen molar-refractivity contribution in [2.24, 2.45) is 0 Å². The Balaban J connectivity index is 1.84. The molecular formula is C22H21F5N2O5SSi. The molecule has 1 aromatic heterocycles. The molecule has 0 atom stereocenters. The van der Waals surface area contributed by atoms with E-state index >= 15 is 4.39 Å². The van der Waals surface area contributed by atoms with Crippen LogP contribution < -0.4 is 8.92 Å². The summed E-state index contributed by atoms with van der Waals surface area (Å²) in [5.41, 5.74) is -6.17. The Bertz CT molecular complexity index is 1430. The van der Waals surface area contributed by atoms with Crippen LogP contribution in [0.4, 0.5) is 22.0 Å². The molecule has 3 aromatic rings. The number of benzene rings is 2. The minimum atomic E-state index is -6.03. The lowest BCUT2D eigenvalue weighted by Gasteiger charge is -2.16. The molecule has 36 heavy (non-hydrogen) atoms. The smallest absolute Gasteiger partial charge is 0.451 e. The molecular weight excluding hydrogens is 527 g/mol. The van der Waals surface area contributed by atoms with Gasteiger partial charge in [0.1, 0.15) is 18.5 Å². The number of alkyl halides is 3. The van der Waals surface area contributed by atoms with Gasteiger partial charge in [0.25, 0.3) is 0 Å². The van der Waals surface area contributed by atoms with Crippen molar-refractivity contribution in [3.63, 3.8) is 0 Å². The summed E-state index contributed by atoms with van der Waals surface area (Å²) in [6, 6.07) is 7.22. The predicted octanol–water partition coefficient (Wildman–Crippen LogP) is 6.12. The summed E-state index contributed by atoms with van der Waals surface area (Å²) in [4.78, 5) is 0. The van der Waals surface area contributed by atoms with Crippen LogP contribution in [0.5, 0.6) is 17.2 Å². The summed E-state index contributed by atoms with van der Waals surface area (Å²) in [6.45, 7) is 7.17. The van der Waals surface area contributed by atoms with E-state index in [2.05, 4.69) is 23.8 Å². The molecule has 0 aliphatic carbocycles. The quantitative estimate of drug-likeness (QED) is 0.105. The number of nitrogens with zero attached hydrogens (tertiary/aromatic N) is 2. The molecule has 0 aliphatic rings. The summed E-state index contributed by atoms with van der Waals surface area (Å²) in [7, 11) is -7.33. The van der Waals surface area contributed by atoms with Crippen molar-refractivity contribution in [1.29, 1.82) is 5.26 Å². The van der Waals surface area contributed by atoms with E-state index in [4.69, 9.17) is 9.47 Å². The summed E-state index contributed by atoms with van der Waals surface area (Å²) in [5.74, 6) is -4.22. The maximum atomic E-state index is 15.1. The first-order chi connectivity index (χ1) is 16.6. The standard InChI is InChI=1S/C22H21F5N2O5SSi/c1-36(2,3)9-8-32-13-29-7-6-16-18(29)11-17(23)21(20(16)24)33-15-4-5-19(14(10-15)12-28)34-35(30,31)22(25,26)27/h4-7,10-11H,8-9,13H2,1-3H3. The third-order valence-electron chi connectivity index (χ3n) is 4.92. The van der Waals surface area contributed by atoms with Crippen LogP contribution in [0.2, 0.25) is 25.7 Å². The summed E-state index contributed by atoms with van der Waals surface area (Å²) < 4.78 is 106. The average molecular weight is 549 g/mol. The number of nitriles is 1. The zero-order chi connectivity index (χ0) is 26.9. The average Bonchev–Trinajstić information content (AvgIpc) is 3.16. The minimum Gasteiger partial charge on any atom is -0.451 e. The number of aromatic nitrogens is 1. The lowest BCUT2D eigenvalue weighted by atomic mass is 10.2. The van der Waals surface area contributed by atoms with Gasteiger partial charge in [-0.1, -0.05) is 19.6 Å². The Labute approximate surface area is 204 Å². The Morgan fingerprint density at radius 2 is 1.81 bits per heavy atom. The lowest BCUT2D eigenvalue weighted by molar-refractivity contribution is -0.0500. The molecule has 0 saturated carbocycles. The first kappa shape index (κ1) is 27.4. The number of hydrogen-bond acceptors (Lipinski definition) is 6. The Hall–Kier alpha value is -3.15. The molecule has 7 nitrogen and oxygen atoms in total. The van der Waals surface area contributed by atoms with Crippen LogP contribution >= 0.6 is 0 Å². The highest BCUT2D eigenvalue weighted by Gasteiger charge is 2.48. The Morgan fingerprint density at radius 3 is 2.42 bits per heavy atom. The van der Waals surface area contributed by atoms with E-state index in [1.807, 2.05) is 0 Å². The van der Waals surface area contributed by atoms with E-state index in [0.717, 1.165) is 24.2 Å². The maximum absolute atomic E-state index is 15.1. The highest BCUT2D eigenvalue weighted by Crippen LogP contribution is 2.36. The molecule has 0 N–H and O–H groups in total. The molecule has 0 aliphatic heterocycles. The van der Waals surface area contributed by atoms with Crippen molar-refractivity contribution in [3.05, 3.63) is 53.7 Å². The van der Waals surface area contributed by atoms with E-state index in [9.17, 15) is 31.2 Å². The zero-order valence-electron chi connectivity index (χ0n) is 19.3. The van der Waals surface area contributed by atoms with Gasteiger partial charge in [-0.15, -0.1) is 0 Å². The van der Waals surface area contributed by atoms with Gasteiger partial charge < -0.3 is 18.2 Å². The highest BCUT2D eigenvalue weighted by atomic mass is 32.2. The van der Waals surface area contributed by atoms with Crippen LogP contribution in [0.15, 0.2) is 36.5 Å². The summed E-state index contributed by atoms with van der Waals surface area (Å²) in [5, 5.41) is 9.20. The van der Waals surface area contributed by atoms with Crippen molar-refractivity contribution in [3.8, 4) is 23.3 Å². The first-order valence-electron chi connectivity index (χ1n) is 10.4. The fraction of sp³-hybridized carbons (Fsp3) is 0.318. The summed E-state index contributed by atoms with van der Waals surface area (Å²) in [6.07, 6.45) is 1.52. The van der Waals surface area contributed by atoms with Crippen molar-refractivity contribution in [2.45, 2.75) is 37.9 Å². The largest absolute Gasteiger partial charge is 0.534 e. The molecule has 2 aromatic carbocycles. The van der Waals surface area contributed by atoms with Gasteiger partial charge in [-0.25, -0.2) is 8.78 Å². The van der Waals surface area contributed by atoms with Crippen molar-refractivity contribution in [1.82, 2.24) is 4.57 Å². The molecule has 1 heterocycles. The molecule has 0 spiro atoms. The van der Waals surface area contributed by atoms with Gasteiger partial charge in [0, 0.05) is 38.4 Å². The maximum Gasteiger partial charge on any atom is 0.534 e. The second kappa shape index (κ2) is 10.1. The van der Waals surface area contributed by atoms with E-state index in [0.29, 0.717) is 12.7 Å². The van der Waals surface area contributed by atoms with Crippen molar-refractivity contribution >= 4 is 29.1 Å². The molecule has 0 saturated heterocycles. The molecule has 0 radical (unpaired) electrons. The Morgan fingerprint density at radius 1 is 1.11 bits per heavy atom. The number of hydrogen-bond donors (Lipinski definition) is 0. The topological polar surface area (TPSA) is 90.6 Å². The molecule has 194 valence electrons. The van der Waals surface area contributed by atoms with Crippen LogP contribution in [0.1, 0.15) is 5.56 Å². The van der Waals surface area contributed by atoms with Gasteiger partial charge >= 0.3 is 15.6 Å². The van der Waals surface area contributed by atoms with Gasteiger partial charge in [-0.2, -0.15) is 26.9 Å². The number of ether oxygens (including phenoxy) is 2. The Kier molecular flexibility index (Phi) is 7.68. The molecule has 14 heteroatoms. The molecule has 0 fully saturated rings. The monoisotopic (exact) mass is 548 g/mol. The third kappa shape index (κ3) is 6.15. The first-order valence-corrected chi connectivity index (χ1v) is 15.5. The van der Waals surface area contributed by atoms with Gasteiger partial charge in [0.15, 0.2) is 23.1 Å². The fourth-order valence-corrected chi connectivity index (χ4v) is 4.24. The van der Waals surface area contributed by atoms with Crippen molar-refractivity contribution in [2.75, 3.05) is 6.61 Å². The molecule has 0 bridgehead atoms. The van der Waals surface area contributed by atoms with E-state index in [-0.39, 0.29) is 23.4 Å². The van der Waals surface area contributed by atoms with Crippen LogP contribution in [0, 0.1) is 23.0 Å². The van der Waals surface area contributed by atoms with E-state index in [1.165, 1.54) is 22.9 Å². The number of rotatable bonds is 9. The SMILES string of the molecule is C[Si](C)(C)CCOCn1ccc2c(F)c(Oc3ccc(OS(=O)(=O)C(F)(F)F)c(C#N)c3)c(F)cc21. The number of fused-ring (bicyclic) bond motifs is 1. The number of halogens is 5. The normalized spacial score (nSPS) is 12.5. The second-order valence-electron chi connectivity index (χ2n) is 8.92. The van der Waals surface area contributed by atoms with Gasteiger partial charge in [0.2, 0.25) is 0 Å². The second-order valence-corrected chi connectivity index (χ2v) is 16.1. The van der Waals surface area contributed by atoms with Crippen molar-refractivity contribution < 1.29 is 44.0 Å². The van der Waals surface area contributed by atoms with Gasteiger partial charge in [0.05, 0.1) is 11.1 Å². The zero-order valence-corrected chi connectivity index (χ0v) is 21.1. The third-order valence-corrected chi connectivity index (χ3v) is 7.59. The van der Waals surface area contributed by atoms with E-state index in [1.54, 1.807) is 0 Å². The van der Waals surface area contributed by atoms with Gasteiger partial charge in [-0.05, 0) is 24.2 Å². The minimum absolute atomic E-state index is 0.0249. The fourth-order valence-electron chi connectivity index (χ4n) is 3.01. The van der Waals surface area contributed by atoms with Gasteiger partial charge in [-0.3, -0.25) is 0 Å². The van der Waals surface area contributed by atoms with Crippen LogP contribution in [0.25, 0.3) is 10.9 Å².